The molecule has 0 aliphatic carbocycles. The van der Waals surface area contributed by atoms with Gasteiger partial charge < -0.3 is 14.4 Å². The Morgan fingerprint density at radius 2 is 1.57 bits per heavy atom. The number of amides is 1. The third-order valence-electron chi connectivity index (χ3n) is 5.36. The summed E-state index contributed by atoms with van der Waals surface area (Å²) < 4.78 is 38.4. The first-order valence-electron chi connectivity index (χ1n) is 9.58. The Balaban J connectivity index is 1.85. The van der Waals surface area contributed by atoms with Crippen LogP contribution < -0.4 is 9.47 Å². The van der Waals surface area contributed by atoms with Crippen molar-refractivity contribution in [1.29, 1.82) is 0 Å². The van der Waals surface area contributed by atoms with Gasteiger partial charge in [-0.1, -0.05) is 30.3 Å². The second-order valence-corrected chi connectivity index (χ2v) is 7.13. The van der Waals surface area contributed by atoms with E-state index in [4.69, 9.17) is 9.47 Å². The Kier molecular flexibility index (Phi) is 5.40. The maximum atomic E-state index is 13.8. The normalized spacial score (nSPS) is 15.5. The average molecular weight is 409 g/mol. The quantitative estimate of drug-likeness (QED) is 0.623. The van der Waals surface area contributed by atoms with Crippen LogP contribution in [0.4, 0.5) is 8.78 Å². The van der Waals surface area contributed by atoms with E-state index in [0.29, 0.717) is 24.5 Å². The molecule has 154 valence electrons. The third-order valence-corrected chi connectivity index (χ3v) is 5.36. The fourth-order valence-corrected chi connectivity index (χ4v) is 4.00. The maximum absolute atomic E-state index is 13.8. The summed E-state index contributed by atoms with van der Waals surface area (Å²) in [7, 11) is 3.14. The summed E-state index contributed by atoms with van der Waals surface area (Å²) in [6, 6.07) is 15.8. The summed E-state index contributed by atoms with van der Waals surface area (Å²) in [6.07, 6.45) is 0.586. The number of rotatable bonds is 4. The lowest BCUT2D eigenvalue weighted by Crippen LogP contribution is -2.40. The number of carbonyl (C=O) groups is 1. The molecule has 0 saturated heterocycles. The van der Waals surface area contributed by atoms with Gasteiger partial charge in [0.1, 0.15) is 11.6 Å². The van der Waals surface area contributed by atoms with Crippen LogP contribution in [0.15, 0.2) is 60.7 Å². The molecule has 0 N–H and O–H groups in total. The molecule has 3 aromatic carbocycles. The van der Waals surface area contributed by atoms with Crippen LogP contribution in [0.1, 0.15) is 33.1 Å². The number of carbonyl (C=O) groups excluding carboxylic acids is 1. The number of hydrogen-bond donors (Lipinski definition) is 0. The highest BCUT2D eigenvalue weighted by molar-refractivity contribution is 5.95. The second-order valence-electron chi connectivity index (χ2n) is 7.13. The highest BCUT2D eigenvalue weighted by Crippen LogP contribution is 2.41. The minimum absolute atomic E-state index is 0.0163. The Bertz CT molecular complexity index is 1070. The van der Waals surface area contributed by atoms with E-state index >= 15 is 0 Å². The molecule has 0 saturated carbocycles. The standard InChI is InChI=1S/C24H21F2NO3/c1-29-21-12-16-8-9-27(24(28)17-10-18(25)13-19(26)11-17)23(15-6-4-3-5-7-15)20(16)14-22(21)30-2/h3-7,10-14,23H,8-9H2,1-2H3/t23-/m0/s1. The first-order valence-corrected chi connectivity index (χ1v) is 9.58. The Labute approximate surface area is 173 Å². The summed E-state index contributed by atoms with van der Waals surface area (Å²) >= 11 is 0. The number of methoxy groups -OCH3 is 2. The van der Waals surface area contributed by atoms with E-state index in [1.807, 2.05) is 42.5 Å². The van der Waals surface area contributed by atoms with E-state index in [-0.39, 0.29) is 5.56 Å². The predicted octanol–water partition coefficient (Wildman–Crippen LogP) is 4.77. The Hall–Kier alpha value is -3.41. The molecule has 0 fully saturated rings. The monoisotopic (exact) mass is 409 g/mol. The largest absolute Gasteiger partial charge is 0.493 e. The molecular formula is C24H21F2NO3. The Morgan fingerprint density at radius 3 is 2.20 bits per heavy atom. The molecule has 0 radical (unpaired) electrons. The molecule has 4 nitrogen and oxygen atoms in total. The first kappa shape index (κ1) is 19.9. The molecule has 30 heavy (non-hydrogen) atoms. The van der Waals surface area contributed by atoms with Crippen LogP contribution in [0.5, 0.6) is 11.5 Å². The molecule has 1 aliphatic rings. The van der Waals surface area contributed by atoms with E-state index in [2.05, 4.69) is 0 Å². The molecule has 1 aliphatic heterocycles. The highest BCUT2D eigenvalue weighted by atomic mass is 19.1. The lowest BCUT2D eigenvalue weighted by atomic mass is 9.87. The van der Waals surface area contributed by atoms with Crippen LogP contribution in [-0.4, -0.2) is 31.6 Å². The van der Waals surface area contributed by atoms with Gasteiger partial charge in [-0.15, -0.1) is 0 Å². The van der Waals surface area contributed by atoms with E-state index < -0.39 is 23.6 Å². The van der Waals surface area contributed by atoms with Gasteiger partial charge in [-0.25, -0.2) is 8.78 Å². The van der Waals surface area contributed by atoms with Crippen molar-refractivity contribution in [2.24, 2.45) is 0 Å². The van der Waals surface area contributed by atoms with Crippen molar-refractivity contribution < 1.29 is 23.0 Å². The zero-order chi connectivity index (χ0) is 21.3. The van der Waals surface area contributed by atoms with Gasteiger partial charge in [0.25, 0.3) is 5.91 Å². The molecule has 0 aromatic heterocycles. The van der Waals surface area contributed by atoms with Crippen molar-refractivity contribution in [2.75, 3.05) is 20.8 Å². The molecule has 1 heterocycles. The van der Waals surface area contributed by atoms with Gasteiger partial charge in [0.2, 0.25) is 0 Å². The molecule has 0 bridgehead atoms. The van der Waals surface area contributed by atoms with Gasteiger partial charge in [-0.3, -0.25) is 4.79 Å². The summed E-state index contributed by atoms with van der Waals surface area (Å²) in [5.41, 5.74) is 2.82. The van der Waals surface area contributed by atoms with Crippen molar-refractivity contribution in [3.05, 3.63) is 94.6 Å². The van der Waals surface area contributed by atoms with E-state index in [9.17, 15) is 13.6 Å². The lowest BCUT2D eigenvalue weighted by molar-refractivity contribution is 0.0693. The third kappa shape index (κ3) is 3.61. The Morgan fingerprint density at radius 1 is 0.933 bits per heavy atom. The first-order chi connectivity index (χ1) is 14.5. The summed E-state index contributed by atoms with van der Waals surface area (Å²) in [4.78, 5) is 15.0. The molecule has 1 atom stereocenters. The number of hydrogen-bond acceptors (Lipinski definition) is 3. The zero-order valence-electron chi connectivity index (χ0n) is 16.7. The number of ether oxygens (including phenoxy) is 2. The van der Waals surface area contributed by atoms with Crippen LogP contribution >= 0.6 is 0 Å². The second kappa shape index (κ2) is 8.14. The number of nitrogens with zero attached hydrogens (tertiary/aromatic N) is 1. The molecule has 0 spiro atoms. The van der Waals surface area contributed by atoms with Crippen molar-refractivity contribution in [3.8, 4) is 11.5 Å². The molecule has 6 heteroatoms. The molecule has 3 aromatic rings. The number of benzene rings is 3. The summed E-state index contributed by atoms with van der Waals surface area (Å²) in [5, 5.41) is 0. The SMILES string of the molecule is COc1cc2c(cc1OC)[C@H](c1ccccc1)N(C(=O)c1cc(F)cc(F)c1)CC2. The van der Waals surface area contributed by atoms with Gasteiger partial charge in [0.15, 0.2) is 11.5 Å². The van der Waals surface area contributed by atoms with Crippen molar-refractivity contribution in [3.63, 3.8) is 0 Å². The van der Waals surface area contributed by atoms with Crippen LogP contribution in [0.2, 0.25) is 0 Å². The predicted molar refractivity (Wildman–Crippen MR) is 109 cm³/mol. The average Bonchev–Trinajstić information content (AvgIpc) is 2.76. The molecule has 4 rings (SSSR count). The van der Waals surface area contributed by atoms with Gasteiger partial charge in [0.05, 0.1) is 20.3 Å². The van der Waals surface area contributed by atoms with Gasteiger partial charge in [-0.2, -0.15) is 0 Å². The van der Waals surface area contributed by atoms with E-state index in [1.165, 1.54) is 0 Å². The van der Waals surface area contributed by atoms with Crippen molar-refractivity contribution >= 4 is 5.91 Å². The van der Waals surface area contributed by atoms with E-state index in [0.717, 1.165) is 34.9 Å². The van der Waals surface area contributed by atoms with Gasteiger partial charge >= 0.3 is 0 Å². The molecule has 0 unspecified atom stereocenters. The molecule has 1 amide bonds. The van der Waals surface area contributed by atoms with Crippen LogP contribution in [0, 0.1) is 11.6 Å². The zero-order valence-corrected chi connectivity index (χ0v) is 16.7. The number of fused-ring (bicyclic) bond motifs is 1. The van der Waals surface area contributed by atoms with Gasteiger partial charge in [0, 0.05) is 18.2 Å². The fraction of sp³-hybridized carbons (Fsp3) is 0.208. The smallest absolute Gasteiger partial charge is 0.254 e. The van der Waals surface area contributed by atoms with Crippen LogP contribution in [0.25, 0.3) is 0 Å². The van der Waals surface area contributed by atoms with E-state index in [1.54, 1.807) is 19.1 Å². The minimum Gasteiger partial charge on any atom is -0.493 e. The summed E-state index contributed by atoms with van der Waals surface area (Å²) in [5.74, 6) is -0.808. The highest BCUT2D eigenvalue weighted by Gasteiger charge is 2.34. The topological polar surface area (TPSA) is 38.8 Å². The van der Waals surface area contributed by atoms with Crippen molar-refractivity contribution in [2.45, 2.75) is 12.5 Å². The van der Waals surface area contributed by atoms with Crippen LogP contribution in [-0.2, 0) is 6.42 Å². The number of halogens is 2. The summed E-state index contributed by atoms with van der Waals surface area (Å²) in [6.45, 7) is 0.402. The van der Waals surface area contributed by atoms with Crippen LogP contribution in [0.3, 0.4) is 0 Å². The maximum Gasteiger partial charge on any atom is 0.254 e. The fourth-order valence-electron chi connectivity index (χ4n) is 4.00. The molecular weight excluding hydrogens is 388 g/mol. The van der Waals surface area contributed by atoms with Gasteiger partial charge in [-0.05, 0) is 47.4 Å². The minimum atomic E-state index is -0.779. The lowest BCUT2D eigenvalue weighted by Gasteiger charge is -2.38. The van der Waals surface area contributed by atoms with Crippen molar-refractivity contribution in [1.82, 2.24) is 4.90 Å².